The predicted molar refractivity (Wildman–Crippen MR) is 106 cm³/mol. The monoisotopic (exact) mass is 348 g/mol. The van der Waals surface area contributed by atoms with Crippen molar-refractivity contribution in [2.75, 3.05) is 13.7 Å². The van der Waals surface area contributed by atoms with Crippen LogP contribution in [0.15, 0.2) is 47.6 Å². The van der Waals surface area contributed by atoms with Crippen LogP contribution in [0.5, 0.6) is 0 Å². The highest BCUT2D eigenvalue weighted by Gasteiger charge is 2.32. The van der Waals surface area contributed by atoms with Gasteiger partial charge in [-0.15, -0.1) is 6.58 Å². The number of aliphatic hydroxyl groups is 1. The molecule has 2 rings (SSSR count). The largest absolute Gasteiger partial charge is 0.376 e. The molecule has 5 N–H and O–H groups in total. The van der Waals surface area contributed by atoms with Crippen molar-refractivity contribution in [1.29, 1.82) is 0 Å². The van der Waals surface area contributed by atoms with Gasteiger partial charge >= 0.3 is 0 Å². The first-order valence-electron chi connectivity index (χ1n) is 9.08. The smallest absolute Gasteiger partial charge is 0.127 e. The third-order valence-corrected chi connectivity index (χ3v) is 5.22. The first-order chi connectivity index (χ1) is 11.4. The van der Waals surface area contributed by atoms with E-state index in [0.29, 0.717) is 23.7 Å². The summed E-state index contributed by atoms with van der Waals surface area (Å²) >= 11 is 0. The van der Waals surface area contributed by atoms with Crippen molar-refractivity contribution < 1.29 is 9.84 Å². The van der Waals surface area contributed by atoms with Gasteiger partial charge in [0.25, 0.3) is 0 Å². The molecule has 142 valence electrons. The third-order valence-electron chi connectivity index (χ3n) is 5.22. The number of rotatable bonds is 6. The van der Waals surface area contributed by atoms with Gasteiger partial charge in [0.2, 0.25) is 0 Å². The van der Waals surface area contributed by atoms with E-state index >= 15 is 0 Å². The molecule has 4 atom stereocenters. The van der Waals surface area contributed by atoms with Crippen LogP contribution < -0.4 is 11.5 Å². The molecule has 0 aromatic carbocycles. The number of ether oxygens (including phenoxy) is 1. The number of allylic oxidation sites excluding steroid dienone is 4. The highest BCUT2D eigenvalue weighted by Crippen LogP contribution is 2.36. The minimum Gasteiger partial charge on any atom is -0.376 e. The Bertz CT molecular complexity index is 546. The van der Waals surface area contributed by atoms with Gasteiger partial charge in [-0.1, -0.05) is 52.0 Å². The van der Waals surface area contributed by atoms with Crippen molar-refractivity contribution in [3.8, 4) is 0 Å². The van der Waals surface area contributed by atoms with Crippen molar-refractivity contribution in [1.82, 2.24) is 11.5 Å². The van der Waals surface area contributed by atoms with Crippen LogP contribution in [0, 0.1) is 23.7 Å². The molecule has 25 heavy (non-hydrogen) atoms. The first-order valence-corrected chi connectivity index (χ1v) is 9.08. The molecule has 4 nitrogen and oxygen atoms in total. The average molecular weight is 349 g/mol. The Labute approximate surface area is 153 Å². The Kier molecular flexibility index (Phi) is 8.29. The van der Waals surface area contributed by atoms with Crippen molar-refractivity contribution in [2.24, 2.45) is 23.7 Å². The lowest BCUT2D eigenvalue weighted by atomic mass is 9.77. The van der Waals surface area contributed by atoms with Gasteiger partial charge in [-0.05, 0) is 40.9 Å². The SMILES string of the molecule is C=CCC1CNC(O)/C1=C/C1=CC(C(C)C)C(OC)C(C(C)C)=C1.N. The standard InChI is InChI=1S/C21H33NO2.H3N/c1-7-8-16-12-22-21(23)19(16)11-15-9-17(13(2)3)20(24-6)18(10-15)14(4)5;/h7,9-11,13-14,16-17,20-23H,1,8,12H2,2-6H3;1H3/b19-11+;. The maximum absolute atomic E-state index is 10.3. The van der Waals surface area contributed by atoms with Gasteiger partial charge in [-0.25, -0.2) is 0 Å². The molecule has 1 fully saturated rings. The van der Waals surface area contributed by atoms with E-state index < -0.39 is 6.23 Å². The second kappa shape index (κ2) is 9.48. The Balaban J connectivity index is 0.00000312. The molecular formula is C21H36N2O2. The van der Waals surface area contributed by atoms with Crippen LogP contribution in [-0.4, -0.2) is 31.1 Å². The second-order valence-corrected chi connectivity index (χ2v) is 7.62. The van der Waals surface area contributed by atoms with Gasteiger partial charge in [0, 0.05) is 19.6 Å². The lowest BCUT2D eigenvalue weighted by molar-refractivity contribution is 0.0721. The highest BCUT2D eigenvalue weighted by atomic mass is 16.5. The summed E-state index contributed by atoms with van der Waals surface area (Å²) in [6.07, 6.45) is 9.14. The van der Waals surface area contributed by atoms with Crippen molar-refractivity contribution >= 4 is 0 Å². The van der Waals surface area contributed by atoms with E-state index in [0.717, 1.165) is 18.5 Å². The van der Waals surface area contributed by atoms with Crippen LogP contribution in [0.3, 0.4) is 0 Å². The van der Waals surface area contributed by atoms with Gasteiger partial charge in [0.05, 0.1) is 6.10 Å². The molecule has 0 spiro atoms. The van der Waals surface area contributed by atoms with Crippen molar-refractivity contribution in [3.63, 3.8) is 0 Å². The summed E-state index contributed by atoms with van der Waals surface area (Å²) in [6, 6.07) is 0. The van der Waals surface area contributed by atoms with E-state index in [1.807, 2.05) is 6.08 Å². The average Bonchev–Trinajstić information content (AvgIpc) is 2.87. The van der Waals surface area contributed by atoms with E-state index in [-0.39, 0.29) is 12.3 Å². The molecule has 0 aromatic rings. The Hall–Kier alpha value is -1.20. The molecule has 0 aromatic heterocycles. The minimum atomic E-state index is -0.551. The molecule has 0 amide bonds. The third kappa shape index (κ3) is 4.91. The zero-order chi connectivity index (χ0) is 17.9. The molecule has 4 heteroatoms. The highest BCUT2D eigenvalue weighted by molar-refractivity contribution is 5.43. The van der Waals surface area contributed by atoms with Crippen LogP contribution in [0.2, 0.25) is 0 Å². The number of methoxy groups -OCH3 is 1. The van der Waals surface area contributed by atoms with Gasteiger partial charge < -0.3 is 16.0 Å². The molecule has 2 aliphatic rings. The fourth-order valence-corrected chi connectivity index (χ4v) is 3.80. The maximum atomic E-state index is 10.3. The van der Waals surface area contributed by atoms with E-state index in [2.05, 4.69) is 57.8 Å². The topological polar surface area (TPSA) is 76.5 Å². The molecule has 4 unspecified atom stereocenters. The molecule has 0 bridgehead atoms. The molecule has 0 radical (unpaired) electrons. The number of aliphatic hydroxyl groups excluding tert-OH is 1. The summed E-state index contributed by atoms with van der Waals surface area (Å²) < 4.78 is 5.83. The van der Waals surface area contributed by atoms with Gasteiger partial charge in [-0.3, -0.25) is 5.32 Å². The van der Waals surface area contributed by atoms with Gasteiger partial charge in [0.1, 0.15) is 6.23 Å². The lowest BCUT2D eigenvalue weighted by Gasteiger charge is -2.34. The summed E-state index contributed by atoms with van der Waals surface area (Å²) in [5.41, 5.74) is 3.60. The van der Waals surface area contributed by atoms with Gasteiger partial charge in [-0.2, -0.15) is 0 Å². The van der Waals surface area contributed by atoms with Crippen LogP contribution in [-0.2, 0) is 4.74 Å². The van der Waals surface area contributed by atoms with E-state index in [1.165, 1.54) is 11.1 Å². The Morgan fingerprint density at radius 3 is 2.56 bits per heavy atom. The quantitative estimate of drug-likeness (QED) is 0.634. The van der Waals surface area contributed by atoms with Crippen molar-refractivity contribution in [2.45, 2.75) is 46.4 Å². The summed E-state index contributed by atoms with van der Waals surface area (Å²) in [4.78, 5) is 0. The fourth-order valence-electron chi connectivity index (χ4n) is 3.80. The summed E-state index contributed by atoms with van der Waals surface area (Å²) in [6.45, 7) is 13.6. The number of hydrogen-bond acceptors (Lipinski definition) is 4. The fraction of sp³-hybridized carbons (Fsp3) is 0.619. The summed E-state index contributed by atoms with van der Waals surface area (Å²) in [5.74, 6) is 1.62. The predicted octanol–water partition coefficient (Wildman–Crippen LogP) is 4.00. The number of hydrogen-bond donors (Lipinski definition) is 3. The lowest BCUT2D eigenvalue weighted by Crippen LogP contribution is -2.32. The minimum absolute atomic E-state index is 0. The summed E-state index contributed by atoms with van der Waals surface area (Å²) in [7, 11) is 1.80. The van der Waals surface area contributed by atoms with Crippen LogP contribution in [0.25, 0.3) is 0 Å². The zero-order valence-electron chi connectivity index (χ0n) is 16.5. The molecular weight excluding hydrogens is 312 g/mol. The van der Waals surface area contributed by atoms with E-state index in [4.69, 9.17) is 4.74 Å². The molecule has 1 aliphatic carbocycles. The maximum Gasteiger partial charge on any atom is 0.127 e. The van der Waals surface area contributed by atoms with Crippen LogP contribution in [0.4, 0.5) is 0 Å². The molecule has 1 heterocycles. The normalized spacial score (nSPS) is 31.1. The Morgan fingerprint density at radius 1 is 1.36 bits per heavy atom. The second-order valence-electron chi connectivity index (χ2n) is 7.62. The van der Waals surface area contributed by atoms with Crippen molar-refractivity contribution in [3.05, 3.63) is 47.6 Å². The first kappa shape index (κ1) is 21.8. The van der Waals surface area contributed by atoms with Crippen LogP contribution >= 0.6 is 0 Å². The molecule has 0 saturated carbocycles. The van der Waals surface area contributed by atoms with Crippen LogP contribution in [0.1, 0.15) is 34.1 Å². The van der Waals surface area contributed by atoms with E-state index in [1.54, 1.807) is 7.11 Å². The zero-order valence-corrected chi connectivity index (χ0v) is 16.5. The molecule has 1 saturated heterocycles. The number of nitrogens with one attached hydrogen (secondary N) is 1. The summed E-state index contributed by atoms with van der Waals surface area (Å²) in [5, 5.41) is 13.4. The van der Waals surface area contributed by atoms with Gasteiger partial charge in [0.15, 0.2) is 0 Å². The Morgan fingerprint density at radius 2 is 2.04 bits per heavy atom. The van der Waals surface area contributed by atoms with E-state index in [9.17, 15) is 5.11 Å². The molecule has 1 aliphatic heterocycles.